The van der Waals surface area contributed by atoms with E-state index >= 15 is 0 Å². The number of rotatable bonds is 3. The van der Waals surface area contributed by atoms with Gasteiger partial charge in [0.15, 0.2) is 5.69 Å². The van der Waals surface area contributed by atoms with Crippen LogP contribution in [0.3, 0.4) is 0 Å². The summed E-state index contributed by atoms with van der Waals surface area (Å²) < 4.78 is 79.2. The molecule has 144 valence electrons. The van der Waals surface area contributed by atoms with Crippen LogP contribution in [0.25, 0.3) is 16.9 Å². The molecule has 0 spiro atoms. The molecule has 5 nitrogen and oxygen atoms in total. The highest BCUT2D eigenvalue weighted by Gasteiger charge is 2.38. The summed E-state index contributed by atoms with van der Waals surface area (Å²) in [6.07, 6.45) is -7.34. The molecule has 3 heterocycles. The van der Waals surface area contributed by atoms with Crippen molar-refractivity contribution in [2.75, 3.05) is 0 Å². The van der Waals surface area contributed by atoms with Crippen LogP contribution in [0.2, 0.25) is 0 Å². The lowest BCUT2D eigenvalue weighted by molar-refractivity contribution is -0.140. The van der Waals surface area contributed by atoms with Crippen molar-refractivity contribution in [3.63, 3.8) is 0 Å². The largest absolute Gasteiger partial charge is 0.434 e. The predicted molar refractivity (Wildman–Crippen MR) is 83.1 cm³/mol. The Morgan fingerprint density at radius 2 is 1.85 bits per heavy atom. The fraction of sp³-hybridized carbons (Fsp3) is 0.312. The molecule has 0 aliphatic carbocycles. The number of imidazole rings is 1. The Morgan fingerprint density at radius 1 is 1.15 bits per heavy atom. The highest BCUT2D eigenvalue weighted by Crippen LogP contribution is 2.33. The summed E-state index contributed by atoms with van der Waals surface area (Å²) in [6, 6.07) is 2.84. The van der Waals surface area contributed by atoms with Gasteiger partial charge in [0, 0.05) is 18.9 Å². The quantitative estimate of drug-likeness (QED) is 0.639. The van der Waals surface area contributed by atoms with Crippen molar-refractivity contribution >= 4 is 5.65 Å². The molecule has 0 unspecified atom stereocenters. The lowest BCUT2D eigenvalue weighted by Crippen LogP contribution is -2.24. The molecule has 3 rings (SSSR count). The molecule has 0 saturated heterocycles. The minimum atomic E-state index is -4.94. The van der Waals surface area contributed by atoms with Crippen LogP contribution >= 0.6 is 0 Å². The third kappa shape index (κ3) is 3.96. The van der Waals surface area contributed by atoms with Gasteiger partial charge in [0.1, 0.15) is 5.65 Å². The van der Waals surface area contributed by atoms with Crippen molar-refractivity contribution in [3.8, 4) is 11.3 Å². The highest BCUT2D eigenvalue weighted by molar-refractivity contribution is 5.63. The first-order valence-corrected chi connectivity index (χ1v) is 7.65. The van der Waals surface area contributed by atoms with Gasteiger partial charge in [-0.25, -0.2) is 9.97 Å². The number of fused-ring (bicyclic) bond motifs is 1. The van der Waals surface area contributed by atoms with Gasteiger partial charge in [-0.2, -0.15) is 26.3 Å². The van der Waals surface area contributed by atoms with Gasteiger partial charge < -0.3 is 4.57 Å². The third-order valence-electron chi connectivity index (χ3n) is 3.80. The molecule has 0 saturated carbocycles. The first-order chi connectivity index (χ1) is 12.5. The number of alkyl halides is 6. The van der Waals surface area contributed by atoms with Crippen molar-refractivity contribution < 1.29 is 26.3 Å². The van der Waals surface area contributed by atoms with Crippen molar-refractivity contribution in [1.82, 2.24) is 18.9 Å². The normalized spacial score (nSPS) is 12.7. The molecule has 11 heteroatoms. The Labute approximate surface area is 147 Å². The zero-order valence-electron chi connectivity index (χ0n) is 13.8. The van der Waals surface area contributed by atoms with Crippen LogP contribution in [0, 0.1) is 6.92 Å². The molecule has 0 aliphatic rings. The zero-order valence-corrected chi connectivity index (χ0v) is 13.8. The number of pyridine rings is 1. The Balaban J connectivity index is 2.16. The van der Waals surface area contributed by atoms with E-state index < -0.39 is 47.8 Å². The van der Waals surface area contributed by atoms with E-state index in [-0.39, 0.29) is 5.65 Å². The summed E-state index contributed by atoms with van der Waals surface area (Å²) in [5.41, 5.74) is -3.22. The van der Waals surface area contributed by atoms with Gasteiger partial charge >= 0.3 is 12.4 Å². The molecule has 0 fully saturated rings. The van der Waals surface area contributed by atoms with Gasteiger partial charge in [0.2, 0.25) is 0 Å². The monoisotopic (exact) mass is 390 g/mol. The number of hydrogen-bond acceptors (Lipinski definition) is 3. The molecular weight excluding hydrogens is 378 g/mol. The molecule has 0 amide bonds. The summed E-state index contributed by atoms with van der Waals surface area (Å²) in [4.78, 5) is 19.9. The van der Waals surface area contributed by atoms with E-state index in [4.69, 9.17) is 0 Å². The first-order valence-electron chi connectivity index (χ1n) is 7.65. The van der Waals surface area contributed by atoms with Crippen molar-refractivity contribution in [2.24, 2.45) is 0 Å². The van der Waals surface area contributed by atoms with E-state index in [1.54, 1.807) is 6.92 Å². The summed E-state index contributed by atoms with van der Waals surface area (Å²) in [5, 5.41) is 0. The van der Waals surface area contributed by atoms with Gasteiger partial charge in [-0.3, -0.25) is 9.20 Å². The topological polar surface area (TPSA) is 52.2 Å². The van der Waals surface area contributed by atoms with Crippen LogP contribution in [0.1, 0.15) is 17.7 Å². The van der Waals surface area contributed by atoms with Gasteiger partial charge in [0.25, 0.3) is 5.56 Å². The van der Waals surface area contributed by atoms with Crippen molar-refractivity contribution in [2.45, 2.75) is 32.2 Å². The van der Waals surface area contributed by atoms with Crippen molar-refractivity contribution in [3.05, 3.63) is 52.5 Å². The first kappa shape index (κ1) is 18.9. The molecule has 3 aromatic heterocycles. The maximum absolute atomic E-state index is 13.5. The second kappa shape index (κ2) is 6.39. The fourth-order valence-electron chi connectivity index (χ4n) is 2.54. The molecule has 3 aromatic rings. The van der Waals surface area contributed by atoms with E-state index in [2.05, 4.69) is 9.97 Å². The standard InChI is InChI=1S/C16H12F6N4O/c1-9-2-4-26-11(6-9)24-13(16(20,21)22)12(14(26)27)10-7-25(8-23-10)5-3-15(17,18)19/h2,4,6-8H,3,5H2,1H3. The van der Waals surface area contributed by atoms with Gasteiger partial charge in [-0.1, -0.05) is 0 Å². The van der Waals surface area contributed by atoms with Crippen molar-refractivity contribution in [1.29, 1.82) is 0 Å². The SMILES string of the molecule is Cc1ccn2c(=O)c(-c3cn(CCC(F)(F)F)cn3)c(C(F)(F)F)nc2c1. The van der Waals surface area contributed by atoms with E-state index in [0.717, 1.165) is 21.5 Å². The minimum Gasteiger partial charge on any atom is -0.336 e. The molecule has 0 aliphatic heterocycles. The summed E-state index contributed by atoms with van der Waals surface area (Å²) in [5.74, 6) is 0. The Bertz CT molecular complexity index is 1050. The van der Waals surface area contributed by atoms with Gasteiger partial charge in [-0.05, 0) is 24.6 Å². The van der Waals surface area contributed by atoms with E-state index in [1.165, 1.54) is 18.3 Å². The van der Waals surface area contributed by atoms with Gasteiger partial charge in [0.05, 0.1) is 24.0 Å². The predicted octanol–water partition coefficient (Wildman–Crippen LogP) is 3.84. The lowest BCUT2D eigenvalue weighted by atomic mass is 10.1. The summed E-state index contributed by atoms with van der Waals surface area (Å²) in [7, 11) is 0. The average molecular weight is 390 g/mol. The van der Waals surface area contributed by atoms with E-state index in [1.807, 2.05) is 0 Å². The van der Waals surface area contributed by atoms with Crippen LogP contribution in [0.5, 0.6) is 0 Å². The fourth-order valence-corrected chi connectivity index (χ4v) is 2.54. The molecule has 27 heavy (non-hydrogen) atoms. The molecule has 0 bridgehead atoms. The number of nitrogens with zero attached hydrogens (tertiary/aromatic N) is 4. The summed E-state index contributed by atoms with van der Waals surface area (Å²) >= 11 is 0. The number of halogens is 6. The minimum absolute atomic E-state index is 0.187. The smallest absolute Gasteiger partial charge is 0.336 e. The number of hydrogen-bond donors (Lipinski definition) is 0. The highest BCUT2D eigenvalue weighted by atomic mass is 19.4. The molecule has 0 atom stereocenters. The van der Waals surface area contributed by atoms with E-state index in [0.29, 0.717) is 5.56 Å². The maximum atomic E-state index is 13.5. The third-order valence-corrected chi connectivity index (χ3v) is 3.80. The van der Waals surface area contributed by atoms with E-state index in [9.17, 15) is 31.1 Å². The number of aryl methyl sites for hydroxylation is 2. The maximum Gasteiger partial charge on any atom is 0.434 e. The van der Waals surface area contributed by atoms with Crippen LogP contribution in [-0.4, -0.2) is 25.1 Å². The Morgan fingerprint density at radius 3 is 2.48 bits per heavy atom. The zero-order chi connectivity index (χ0) is 20.0. The molecular formula is C16H12F6N4O. The molecule has 0 radical (unpaired) electrons. The molecule has 0 N–H and O–H groups in total. The summed E-state index contributed by atoms with van der Waals surface area (Å²) in [6.45, 7) is 1.11. The van der Waals surface area contributed by atoms with Crippen LogP contribution in [0.4, 0.5) is 26.3 Å². The average Bonchev–Trinajstić information content (AvgIpc) is 2.99. The Kier molecular flexibility index (Phi) is 4.48. The van der Waals surface area contributed by atoms with Crippen LogP contribution in [-0.2, 0) is 12.7 Å². The lowest BCUT2D eigenvalue weighted by Gasteiger charge is -2.12. The molecule has 0 aromatic carbocycles. The Hall–Kier alpha value is -2.85. The van der Waals surface area contributed by atoms with Gasteiger partial charge in [-0.15, -0.1) is 0 Å². The van der Waals surface area contributed by atoms with Crippen LogP contribution in [0.15, 0.2) is 35.6 Å². The second-order valence-electron chi connectivity index (χ2n) is 5.93. The second-order valence-corrected chi connectivity index (χ2v) is 5.93. The number of aromatic nitrogens is 4. The van der Waals surface area contributed by atoms with Crippen LogP contribution < -0.4 is 5.56 Å².